The number of aromatic nitrogens is 2. The van der Waals surface area contributed by atoms with Gasteiger partial charge >= 0.3 is 0 Å². The number of carbonyl (C=O) groups excluding carboxylic acids is 1. The fraction of sp³-hybridized carbons (Fsp3) is 0. The number of aromatic hydroxyl groups is 2. The van der Waals surface area contributed by atoms with Gasteiger partial charge in [-0.1, -0.05) is 0 Å². The molecule has 1 amide bonds. The zero-order valence-corrected chi connectivity index (χ0v) is 8.66. The molecular formula is C11H9N3O3. The summed E-state index contributed by atoms with van der Waals surface area (Å²) in [4.78, 5) is 11.7. The molecule has 1 aromatic heterocycles. The van der Waals surface area contributed by atoms with Crippen molar-refractivity contribution in [1.82, 2.24) is 10.2 Å². The second-order valence-electron chi connectivity index (χ2n) is 3.30. The van der Waals surface area contributed by atoms with E-state index < -0.39 is 5.91 Å². The minimum atomic E-state index is -0.489. The summed E-state index contributed by atoms with van der Waals surface area (Å²) in [5, 5.41) is 28.2. The quantitative estimate of drug-likeness (QED) is 0.720. The maximum atomic E-state index is 11.7. The maximum Gasteiger partial charge on any atom is 0.257 e. The van der Waals surface area contributed by atoms with E-state index in [2.05, 4.69) is 15.5 Å². The van der Waals surface area contributed by atoms with Gasteiger partial charge in [-0.05, 0) is 24.3 Å². The van der Waals surface area contributed by atoms with Crippen molar-refractivity contribution in [1.29, 1.82) is 0 Å². The van der Waals surface area contributed by atoms with Crippen LogP contribution in [0.3, 0.4) is 0 Å². The van der Waals surface area contributed by atoms with Gasteiger partial charge < -0.3 is 15.5 Å². The summed E-state index contributed by atoms with van der Waals surface area (Å²) in [5.74, 6) is -0.569. The Morgan fingerprint density at radius 3 is 2.47 bits per heavy atom. The average molecular weight is 231 g/mol. The molecule has 17 heavy (non-hydrogen) atoms. The largest absolute Gasteiger partial charge is 0.508 e. The van der Waals surface area contributed by atoms with Crippen molar-refractivity contribution in [2.24, 2.45) is 0 Å². The Kier molecular flexibility index (Phi) is 2.87. The van der Waals surface area contributed by atoms with Crippen LogP contribution < -0.4 is 5.32 Å². The first kappa shape index (κ1) is 10.9. The third-order valence-corrected chi connectivity index (χ3v) is 1.98. The first-order chi connectivity index (χ1) is 8.15. The first-order valence-electron chi connectivity index (χ1n) is 4.77. The van der Waals surface area contributed by atoms with Crippen LogP contribution in [0.5, 0.6) is 11.5 Å². The summed E-state index contributed by atoms with van der Waals surface area (Å²) in [5.41, 5.74) is 0.133. The van der Waals surface area contributed by atoms with Crippen LogP contribution in [-0.4, -0.2) is 26.3 Å². The Morgan fingerprint density at radius 1 is 1.18 bits per heavy atom. The van der Waals surface area contributed by atoms with E-state index in [0.29, 0.717) is 5.82 Å². The minimum Gasteiger partial charge on any atom is -0.508 e. The fourth-order valence-electron chi connectivity index (χ4n) is 1.28. The molecule has 0 saturated carbocycles. The standard InChI is InChI=1S/C11H9N3O3/c15-8-4-7(5-9(16)6-8)11(17)13-10-2-1-3-12-14-10/h1-6,15-16H,(H,13,14,17). The molecule has 3 N–H and O–H groups in total. The Balaban J connectivity index is 2.20. The van der Waals surface area contributed by atoms with Gasteiger partial charge in [0, 0.05) is 17.8 Å². The molecule has 0 aliphatic heterocycles. The van der Waals surface area contributed by atoms with Crippen LogP contribution in [0.25, 0.3) is 0 Å². The van der Waals surface area contributed by atoms with Crippen LogP contribution in [0.1, 0.15) is 10.4 Å². The maximum absolute atomic E-state index is 11.7. The third kappa shape index (κ3) is 2.69. The number of hydrogen-bond acceptors (Lipinski definition) is 5. The van der Waals surface area contributed by atoms with Crippen LogP contribution in [-0.2, 0) is 0 Å². The van der Waals surface area contributed by atoms with Crippen molar-refractivity contribution in [3.8, 4) is 11.5 Å². The lowest BCUT2D eigenvalue weighted by Crippen LogP contribution is -2.13. The van der Waals surface area contributed by atoms with E-state index in [9.17, 15) is 15.0 Å². The molecule has 0 spiro atoms. The van der Waals surface area contributed by atoms with E-state index in [1.165, 1.54) is 18.3 Å². The lowest BCUT2D eigenvalue weighted by atomic mass is 10.2. The van der Waals surface area contributed by atoms with Gasteiger partial charge in [0.15, 0.2) is 5.82 Å². The highest BCUT2D eigenvalue weighted by Gasteiger charge is 2.09. The molecule has 6 nitrogen and oxygen atoms in total. The molecule has 0 saturated heterocycles. The summed E-state index contributed by atoms with van der Waals surface area (Å²) < 4.78 is 0. The number of phenolic OH excluding ortho intramolecular Hbond substituents is 2. The van der Waals surface area contributed by atoms with E-state index in [-0.39, 0.29) is 17.1 Å². The molecule has 2 rings (SSSR count). The molecule has 1 aromatic carbocycles. The Bertz CT molecular complexity index is 523. The summed E-state index contributed by atoms with van der Waals surface area (Å²) in [6, 6.07) is 6.83. The molecule has 0 atom stereocenters. The number of nitrogens with one attached hydrogen (secondary N) is 1. The number of benzene rings is 1. The molecule has 0 bridgehead atoms. The Labute approximate surface area is 96.6 Å². The molecule has 2 aromatic rings. The molecule has 0 fully saturated rings. The van der Waals surface area contributed by atoms with Crippen molar-refractivity contribution in [3.63, 3.8) is 0 Å². The van der Waals surface area contributed by atoms with Gasteiger partial charge in [0.05, 0.1) is 0 Å². The Hall–Kier alpha value is -2.63. The van der Waals surface area contributed by atoms with E-state index in [1.54, 1.807) is 12.1 Å². The summed E-state index contributed by atoms with van der Waals surface area (Å²) in [6.45, 7) is 0. The van der Waals surface area contributed by atoms with Gasteiger partial charge in [-0.25, -0.2) is 0 Å². The lowest BCUT2D eigenvalue weighted by molar-refractivity contribution is 0.102. The highest BCUT2D eigenvalue weighted by atomic mass is 16.3. The molecule has 0 aliphatic carbocycles. The van der Waals surface area contributed by atoms with Crippen molar-refractivity contribution >= 4 is 11.7 Å². The highest BCUT2D eigenvalue weighted by molar-refractivity contribution is 6.04. The van der Waals surface area contributed by atoms with Gasteiger partial charge in [0.25, 0.3) is 5.91 Å². The monoisotopic (exact) mass is 231 g/mol. The van der Waals surface area contributed by atoms with E-state index >= 15 is 0 Å². The summed E-state index contributed by atoms with van der Waals surface area (Å²) in [6.07, 6.45) is 1.48. The van der Waals surface area contributed by atoms with E-state index in [0.717, 1.165) is 6.07 Å². The molecule has 6 heteroatoms. The number of hydrogen-bond donors (Lipinski definition) is 3. The second-order valence-corrected chi connectivity index (χ2v) is 3.30. The molecule has 0 radical (unpaired) electrons. The van der Waals surface area contributed by atoms with Gasteiger partial charge in [-0.3, -0.25) is 4.79 Å². The van der Waals surface area contributed by atoms with Gasteiger partial charge in [0.1, 0.15) is 11.5 Å². The lowest BCUT2D eigenvalue weighted by Gasteiger charge is -2.04. The van der Waals surface area contributed by atoms with E-state index in [1.807, 2.05) is 0 Å². The second kappa shape index (κ2) is 4.48. The van der Waals surface area contributed by atoms with Crippen LogP contribution in [0.4, 0.5) is 5.82 Å². The molecule has 1 heterocycles. The summed E-state index contributed by atoms with van der Waals surface area (Å²) >= 11 is 0. The van der Waals surface area contributed by atoms with Gasteiger partial charge in [0.2, 0.25) is 0 Å². The van der Waals surface area contributed by atoms with Gasteiger partial charge in [-0.2, -0.15) is 5.10 Å². The smallest absolute Gasteiger partial charge is 0.257 e. The zero-order chi connectivity index (χ0) is 12.3. The molecule has 0 unspecified atom stereocenters. The molecular weight excluding hydrogens is 222 g/mol. The normalized spacial score (nSPS) is 9.88. The molecule has 86 valence electrons. The molecule has 0 aliphatic rings. The number of rotatable bonds is 2. The predicted molar refractivity (Wildman–Crippen MR) is 59.8 cm³/mol. The van der Waals surface area contributed by atoms with Crippen LogP contribution in [0.2, 0.25) is 0 Å². The SMILES string of the molecule is O=C(Nc1cccnn1)c1cc(O)cc(O)c1. The van der Waals surface area contributed by atoms with Crippen molar-refractivity contribution < 1.29 is 15.0 Å². The number of amides is 1. The zero-order valence-electron chi connectivity index (χ0n) is 8.66. The minimum absolute atomic E-state index is 0.133. The van der Waals surface area contributed by atoms with Crippen molar-refractivity contribution in [2.75, 3.05) is 5.32 Å². The number of nitrogens with zero attached hydrogens (tertiary/aromatic N) is 2. The number of carbonyl (C=O) groups is 1. The highest BCUT2D eigenvalue weighted by Crippen LogP contribution is 2.20. The van der Waals surface area contributed by atoms with Crippen LogP contribution in [0, 0.1) is 0 Å². The van der Waals surface area contributed by atoms with Crippen LogP contribution in [0.15, 0.2) is 36.5 Å². The van der Waals surface area contributed by atoms with E-state index in [4.69, 9.17) is 0 Å². The first-order valence-corrected chi connectivity index (χ1v) is 4.77. The van der Waals surface area contributed by atoms with Crippen molar-refractivity contribution in [2.45, 2.75) is 0 Å². The average Bonchev–Trinajstić information content (AvgIpc) is 2.29. The third-order valence-electron chi connectivity index (χ3n) is 1.98. The topological polar surface area (TPSA) is 95.3 Å². The van der Waals surface area contributed by atoms with Gasteiger partial charge in [-0.15, -0.1) is 5.10 Å². The fourth-order valence-corrected chi connectivity index (χ4v) is 1.28. The number of anilines is 1. The Morgan fingerprint density at radius 2 is 1.88 bits per heavy atom. The number of phenols is 2. The van der Waals surface area contributed by atoms with Crippen molar-refractivity contribution in [3.05, 3.63) is 42.1 Å². The van der Waals surface area contributed by atoms with Crippen LogP contribution >= 0.6 is 0 Å². The summed E-state index contributed by atoms with van der Waals surface area (Å²) in [7, 11) is 0. The predicted octanol–water partition coefficient (Wildman–Crippen LogP) is 1.14.